The summed E-state index contributed by atoms with van der Waals surface area (Å²) in [5.74, 6) is 0.521. The predicted molar refractivity (Wildman–Crippen MR) is 135 cm³/mol. The first-order valence-electron chi connectivity index (χ1n) is 11.3. The number of amides is 1. The topological polar surface area (TPSA) is 79.4 Å². The number of sulfonamides is 1. The summed E-state index contributed by atoms with van der Waals surface area (Å²) in [6, 6.07) is 13.3. The summed E-state index contributed by atoms with van der Waals surface area (Å²) in [5.41, 5.74) is 1.73. The number of hydrogen-bond donors (Lipinski definition) is 0. The van der Waals surface area contributed by atoms with Crippen LogP contribution < -0.4 is 13.8 Å². The minimum absolute atomic E-state index is 0.191. The van der Waals surface area contributed by atoms with Gasteiger partial charge in [0.05, 0.1) is 31.7 Å². The molecule has 1 heterocycles. The lowest BCUT2D eigenvalue weighted by atomic mass is 10.1. The van der Waals surface area contributed by atoms with Crippen LogP contribution in [0.5, 0.6) is 11.5 Å². The predicted octanol–water partition coefficient (Wildman–Crippen LogP) is 2.96. The summed E-state index contributed by atoms with van der Waals surface area (Å²) >= 11 is 0. The van der Waals surface area contributed by atoms with Crippen LogP contribution in [0.25, 0.3) is 6.08 Å². The van der Waals surface area contributed by atoms with Crippen LogP contribution in [0, 0.1) is 0 Å². The molecule has 0 N–H and O–H groups in total. The Kier molecular flexibility index (Phi) is 8.57. The fraction of sp³-hybridized carbons (Fsp3) is 0.400. The van der Waals surface area contributed by atoms with Gasteiger partial charge >= 0.3 is 0 Å². The van der Waals surface area contributed by atoms with Crippen LogP contribution in [0.2, 0.25) is 0 Å². The molecule has 0 bridgehead atoms. The van der Waals surface area contributed by atoms with Crippen molar-refractivity contribution in [3.8, 4) is 11.5 Å². The van der Waals surface area contributed by atoms with Gasteiger partial charge in [0, 0.05) is 45.3 Å². The molecule has 0 unspecified atom stereocenters. The molecular weight excluding hydrogens is 454 g/mol. The van der Waals surface area contributed by atoms with Gasteiger partial charge in [0.25, 0.3) is 5.91 Å². The molecular formula is C25H33N3O5S. The van der Waals surface area contributed by atoms with Gasteiger partial charge in [0.2, 0.25) is 10.0 Å². The van der Waals surface area contributed by atoms with Gasteiger partial charge in [-0.05, 0) is 18.6 Å². The lowest BCUT2D eigenvalue weighted by Crippen LogP contribution is -2.49. The monoisotopic (exact) mass is 487 g/mol. The van der Waals surface area contributed by atoms with Gasteiger partial charge in [-0.3, -0.25) is 14.0 Å². The van der Waals surface area contributed by atoms with Crippen LogP contribution in [0.15, 0.2) is 48.5 Å². The third-order valence-corrected chi connectivity index (χ3v) is 7.08. The number of nitrogens with zero attached hydrogens (tertiary/aromatic N) is 3. The molecule has 8 nitrogen and oxygen atoms in total. The zero-order valence-electron chi connectivity index (χ0n) is 20.2. The second kappa shape index (κ2) is 11.4. The smallest absolute Gasteiger partial charge is 0.256 e. The third-order valence-electron chi connectivity index (χ3n) is 5.82. The van der Waals surface area contributed by atoms with Crippen molar-refractivity contribution in [1.82, 2.24) is 9.80 Å². The van der Waals surface area contributed by atoms with Crippen LogP contribution in [0.3, 0.4) is 0 Å². The molecule has 34 heavy (non-hydrogen) atoms. The van der Waals surface area contributed by atoms with Gasteiger partial charge < -0.3 is 14.4 Å². The number of rotatable bonds is 9. The second-order valence-electron chi connectivity index (χ2n) is 8.06. The van der Waals surface area contributed by atoms with E-state index in [1.165, 1.54) is 18.5 Å². The first-order chi connectivity index (χ1) is 16.3. The van der Waals surface area contributed by atoms with Crippen molar-refractivity contribution in [2.45, 2.75) is 6.92 Å². The van der Waals surface area contributed by atoms with Crippen molar-refractivity contribution in [2.75, 3.05) is 64.0 Å². The first-order valence-corrected chi connectivity index (χ1v) is 13.1. The molecule has 1 aliphatic heterocycles. The second-order valence-corrected chi connectivity index (χ2v) is 9.96. The Hall–Kier alpha value is -3.04. The molecule has 1 fully saturated rings. The van der Waals surface area contributed by atoms with Crippen LogP contribution in [0.4, 0.5) is 5.69 Å². The summed E-state index contributed by atoms with van der Waals surface area (Å²) in [7, 11) is -0.626. The van der Waals surface area contributed by atoms with Crippen LogP contribution in [-0.2, 0) is 10.0 Å². The maximum Gasteiger partial charge on any atom is 0.256 e. The Morgan fingerprint density at radius 1 is 1.03 bits per heavy atom. The van der Waals surface area contributed by atoms with Crippen molar-refractivity contribution in [2.24, 2.45) is 0 Å². The Labute approximate surface area is 202 Å². The Balaban J connectivity index is 1.77. The van der Waals surface area contributed by atoms with E-state index < -0.39 is 10.0 Å². The molecule has 1 aliphatic rings. The van der Waals surface area contributed by atoms with Crippen molar-refractivity contribution >= 4 is 27.7 Å². The van der Waals surface area contributed by atoms with Crippen LogP contribution in [-0.4, -0.2) is 83.9 Å². The maximum atomic E-state index is 13.5. The minimum atomic E-state index is -3.59. The molecule has 3 rings (SSSR count). The third kappa shape index (κ3) is 6.09. The highest BCUT2D eigenvalue weighted by atomic mass is 32.2. The van der Waals surface area contributed by atoms with E-state index in [4.69, 9.17) is 9.47 Å². The molecule has 0 spiro atoms. The fourth-order valence-electron chi connectivity index (χ4n) is 4.04. The molecule has 0 atom stereocenters. The average molecular weight is 488 g/mol. The number of ether oxygens (including phenoxy) is 2. The number of carbonyl (C=O) groups excluding carboxylic acids is 1. The van der Waals surface area contributed by atoms with E-state index in [9.17, 15) is 13.2 Å². The van der Waals surface area contributed by atoms with Gasteiger partial charge in [-0.2, -0.15) is 0 Å². The summed E-state index contributed by atoms with van der Waals surface area (Å²) in [6.45, 7) is 5.29. The number of benzene rings is 2. The summed E-state index contributed by atoms with van der Waals surface area (Å²) in [5, 5.41) is 0. The highest BCUT2D eigenvalue weighted by Gasteiger charge is 2.29. The lowest BCUT2D eigenvalue weighted by Gasteiger charge is -2.35. The molecule has 2 aromatic carbocycles. The fourth-order valence-corrected chi connectivity index (χ4v) is 5.01. The van der Waals surface area contributed by atoms with Crippen LogP contribution in [0.1, 0.15) is 22.8 Å². The Morgan fingerprint density at radius 2 is 1.65 bits per heavy atom. The van der Waals surface area contributed by atoms with E-state index in [-0.39, 0.29) is 18.0 Å². The first kappa shape index (κ1) is 25.6. The lowest BCUT2D eigenvalue weighted by molar-refractivity contribution is 0.0650. The SMILES string of the molecule is CCN(c1cc(OC)c(OC)cc1C(=O)N1CCN(C/C=C/c2ccccc2)CC1)S(C)(=O)=O. The number of carbonyl (C=O) groups is 1. The minimum Gasteiger partial charge on any atom is -0.493 e. The van der Waals surface area contributed by atoms with Gasteiger partial charge in [-0.25, -0.2) is 8.42 Å². The van der Waals surface area contributed by atoms with Gasteiger partial charge in [0.1, 0.15) is 0 Å². The number of hydrogen-bond acceptors (Lipinski definition) is 6. The molecule has 9 heteroatoms. The Bertz CT molecular complexity index is 1110. The summed E-state index contributed by atoms with van der Waals surface area (Å²) in [4.78, 5) is 17.6. The molecule has 1 saturated heterocycles. The molecule has 2 aromatic rings. The number of piperazine rings is 1. The van der Waals surface area contributed by atoms with E-state index in [1.807, 2.05) is 18.2 Å². The van der Waals surface area contributed by atoms with Gasteiger partial charge in [-0.15, -0.1) is 0 Å². The standard InChI is InChI=1S/C25H33N3O5S/c1-5-28(34(4,30)31)22-19-24(33-3)23(32-2)18-21(22)25(29)27-16-14-26(15-17-27)13-9-12-20-10-7-6-8-11-20/h6-12,18-19H,5,13-17H2,1-4H3/b12-9+. The maximum absolute atomic E-state index is 13.5. The average Bonchev–Trinajstić information content (AvgIpc) is 2.84. The zero-order chi connectivity index (χ0) is 24.7. The summed E-state index contributed by atoms with van der Waals surface area (Å²) < 4.78 is 36.8. The van der Waals surface area contributed by atoms with E-state index >= 15 is 0 Å². The molecule has 184 valence electrons. The zero-order valence-corrected chi connectivity index (χ0v) is 21.0. The van der Waals surface area contributed by atoms with E-state index in [2.05, 4.69) is 29.2 Å². The summed E-state index contributed by atoms with van der Waals surface area (Å²) in [6.07, 6.45) is 5.35. The van der Waals surface area contributed by atoms with E-state index in [1.54, 1.807) is 24.0 Å². The van der Waals surface area contributed by atoms with E-state index in [0.29, 0.717) is 30.3 Å². The molecule has 0 aliphatic carbocycles. The highest BCUT2D eigenvalue weighted by molar-refractivity contribution is 7.92. The molecule has 0 radical (unpaired) electrons. The quantitative estimate of drug-likeness (QED) is 0.541. The van der Waals surface area contributed by atoms with Crippen molar-refractivity contribution in [3.63, 3.8) is 0 Å². The van der Waals surface area contributed by atoms with Gasteiger partial charge in [0.15, 0.2) is 11.5 Å². The Morgan fingerprint density at radius 3 is 2.21 bits per heavy atom. The largest absolute Gasteiger partial charge is 0.493 e. The molecule has 0 aromatic heterocycles. The number of anilines is 1. The van der Waals surface area contributed by atoms with E-state index in [0.717, 1.165) is 31.5 Å². The number of methoxy groups -OCH3 is 2. The van der Waals surface area contributed by atoms with Crippen molar-refractivity contribution < 1.29 is 22.7 Å². The van der Waals surface area contributed by atoms with Gasteiger partial charge in [-0.1, -0.05) is 42.5 Å². The highest BCUT2D eigenvalue weighted by Crippen LogP contribution is 2.36. The molecule has 1 amide bonds. The van der Waals surface area contributed by atoms with Crippen LogP contribution >= 0.6 is 0 Å². The van der Waals surface area contributed by atoms with Crippen molar-refractivity contribution in [1.29, 1.82) is 0 Å². The van der Waals surface area contributed by atoms with Crippen molar-refractivity contribution in [3.05, 3.63) is 59.7 Å². The normalized spacial score (nSPS) is 14.9. The molecule has 0 saturated carbocycles.